The first-order valence-electron chi connectivity index (χ1n) is 5.14. The van der Waals surface area contributed by atoms with Gasteiger partial charge in [-0.3, -0.25) is 4.90 Å². The first-order valence-corrected chi connectivity index (χ1v) is 5.98. The van der Waals surface area contributed by atoms with Crippen LogP contribution in [0.1, 0.15) is 31.0 Å². The molecule has 1 saturated heterocycles. The van der Waals surface area contributed by atoms with E-state index >= 15 is 0 Å². The van der Waals surface area contributed by atoms with Crippen molar-refractivity contribution in [3.63, 3.8) is 0 Å². The van der Waals surface area contributed by atoms with Crippen molar-refractivity contribution in [1.29, 1.82) is 0 Å². The summed E-state index contributed by atoms with van der Waals surface area (Å²) in [5.41, 5.74) is 7.20. The number of aromatic nitrogens is 2. The Labute approximate surface area is 87.3 Å². The van der Waals surface area contributed by atoms with E-state index in [9.17, 15) is 0 Å². The predicted octanol–water partition coefficient (Wildman–Crippen LogP) is 0.775. The van der Waals surface area contributed by atoms with Gasteiger partial charge in [0.2, 0.25) is 0 Å². The Morgan fingerprint density at radius 1 is 1.43 bits per heavy atom. The molecule has 1 aromatic heterocycles. The van der Waals surface area contributed by atoms with Crippen LogP contribution in [0.5, 0.6) is 0 Å². The van der Waals surface area contributed by atoms with Crippen LogP contribution >= 0.6 is 11.5 Å². The SMILES string of the molecule is NC1CCN(C2CC2)C1c1csnn1. The van der Waals surface area contributed by atoms with E-state index in [0.717, 1.165) is 24.7 Å². The number of nitrogens with two attached hydrogens (primary N) is 1. The van der Waals surface area contributed by atoms with E-state index in [1.54, 1.807) is 0 Å². The zero-order valence-electron chi connectivity index (χ0n) is 7.97. The van der Waals surface area contributed by atoms with E-state index in [4.69, 9.17) is 5.73 Å². The van der Waals surface area contributed by atoms with E-state index in [0.29, 0.717) is 6.04 Å². The summed E-state index contributed by atoms with van der Waals surface area (Å²) >= 11 is 1.42. The van der Waals surface area contributed by atoms with Gasteiger partial charge < -0.3 is 5.73 Å². The minimum absolute atomic E-state index is 0.250. The van der Waals surface area contributed by atoms with Crippen LogP contribution in [-0.4, -0.2) is 33.1 Å². The molecule has 2 aliphatic rings. The van der Waals surface area contributed by atoms with E-state index in [1.165, 1.54) is 24.4 Å². The molecule has 1 aromatic rings. The van der Waals surface area contributed by atoms with Gasteiger partial charge in [0, 0.05) is 24.0 Å². The second-order valence-corrected chi connectivity index (χ2v) is 4.81. The Morgan fingerprint density at radius 3 is 2.93 bits per heavy atom. The molecule has 2 N–H and O–H groups in total. The number of hydrogen-bond donors (Lipinski definition) is 1. The third-order valence-electron chi connectivity index (χ3n) is 3.18. The minimum atomic E-state index is 0.250. The van der Waals surface area contributed by atoms with Crippen LogP contribution in [0.15, 0.2) is 5.38 Å². The maximum absolute atomic E-state index is 6.12. The lowest BCUT2D eigenvalue weighted by Crippen LogP contribution is -2.33. The second-order valence-electron chi connectivity index (χ2n) is 4.20. The van der Waals surface area contributed by atoms with E-state index in [2.05, 4.69) is 14.5 Å². The van der Waals surface area contributed by atoms with Crippen molar-refractivity contribution < 1.29 is 0 Å². The molecule has 5 heteroatoms. The quantitative estimate of drug-likeness (QED) is 0.783. The fourth-order valence-electron chi connectivity index (χ4n) is 2.35. The van der Waals surface area contributed by atoms with E-state index < -0.39 is 0 Å². The summed E-state index contributed by atoms with van der Waals surface area (Å²) in [4.78, 5) is 2.52. The zero-order chi connectivity index (χ0) is 9.54. The first-order chi connectivity index (χ1) is 6.86. The highest BCUT2D eigenvalue weighted by molar-refractivity contribution is 7.03. The molecule has 0 radical (unpaired) electrons. The van der Waals surface area contributed by atoms with Crippen LogP contribution < -0.4 is 5.73 Å². The van der Waals surface area contributed by atoms with Crippen molar-refractivity contribution in [3.05, 3.63) is 11.1 Å². The number of rotatable bonds is 2. The van der Waals surface area contributed by atoms with Crippen molar-refractivity contribution in [2.75, 3.05) is 6.54 Å². The van der Waals surface area contributed by atoms with E-state index in [1.807, 2.05) is 5.38 Å². The monoisotopic (exact) mass is 210 g/mol. The summed E-state index contributed by atoms with van der Waals surface area (Å²) in [5.74, 6) is 0. The molecule has 1 saturated carbocycles. The molecule has 2 atom stereocenters. The van der Waals surface area contributed by atoms with Gasteiger partial charge in [0.25, 0.3) is 0 Å². The molecule has 14 heavy (non-hydrogen) atoms. The molecule has 0 amide bonds. The molecule has 4 nitrogen and oxygen atoms in total. The van der Waals surface area contributed by atoms with Gasteiger partial charge in [0.1, 0.15) is 0 Å². The molecule has 2 fully saturated rings. The normalized spacial score (nSPS) is 33.8. The second kappa shape index (κ2) is 3.25. The highest BCUT2D eigenvalue weighted by Gasteiger charge is 2.42. The fourth-order valence-corrected chi connectivity index (χ4v) is 2.83. The third-order valence-corrected chi connectivity index (χ3v) is 3.70. The topological polar surface area (TPSA) is 55.0 Å². The van der Waals surface area contributed by atoms with Gasteiger partial charge in [-0.1, -0.05) is 4.49 Å². The molecule has 0 spiro atoms. The third kappa shape index (κ3) is 1.36. The van der Waals surface area contributed by atoms with Gasteiger partial charge in [-0.2, -0.15) is 0 Å². The molecule has 76 valence electrons. The highest BCUT2D eigenvalue weighted by atomic mass is 32.1. The van der Waals surface area contributed by atoms with Crippen molar-refractivity contribution in [2.45, 2.75) is 37.4 Å². The van der Waals surface area contributed by atoms with Gasteiger partial charge in [-0.05, 0) is 30.8 Å². The Morgan fingerprint density at radius 2 is 2.29 bits per heavy atom. The standard InChI is InChI=1S/C9H14N4S/c10-7-3-4-13(6-1-2-6)9(7)8-5-14-12-11-8/h5-7,9H,1-4,10H2. The van der Waals surface area contributed by atoms with Crippen molar-refractivity contribution in [3.8, 4) is 0 Å². The summed E-state index contributed by atoms with van der Waals surface area (Å²) < 4.78 is 3.92. The maximum Gasteiger partial charge on any atom is 0.0942 e. The average molecular weight is 210 g/mol. The maximum atomic E-state index is 6.12. The first kappa shape index (κ1) is 8.76. The Balaban J connectivity index is 1.86. The summed E-state index contributed by atoms with van der Waals surface area (Å²) in [6, 6.07) is 1.36. The van der Waals surface area contributed by atoms with Gasteiger partial charge in [-0.25, -0.2) is 0 Å². The largest absolute Gasteiger partial charge is 0.326 e. The molecule has 0 bridgehead atoms. The van der Waals surface area contributed by atoms with Gasteiger partial charge >= 0.3 is 0 Å². The van der Waals surface area contributed by atoms with Crippen LogP contribution in [0, 0.1) is 0 Å². The van der Waals surface area contributed by atoms with Crippen molar-refractivity contribution in [2.24, 2.45) is 5.73 Å². The van der Waals surface area contributed by atoms with Crippen LogP contribution in [-0.2, 0) is 0 Å². The summed E-state index contributed by atoms with van der Waals surface area (Å²) in [5, 5.41) is 6.19. The average Bonchev–Trinajstić information content (AvgIpc) is 2.75. The Kier molecular flexibility index (Phi) is 2.04. The number of hydrogen-bond acceptors (Lipinski definition) is 5. The van der Waals surface area contributed by atoms with Crippen LogP contribution in [0.4, 0.5) is 0 Å². The highest BCUT2D eigenvalue weighted by Crippen LogP contribution is 2.39. The number of likely N-dealkylation sites (tertiary alicyclic amines) is 1. The molecule has 0 aromatic carbocycles. The Hall–Kier alpha value is -0.520. The predicted molar refractivity (Wildman–Crippen MR) is 55.0 cm³/mol. The molecular formula is C9H14N4S. The van der Waals surface area contributed by atoms with Gasteiger partial charge in [0.15, 0.2) is 0 Å². The van der Waals surface area contributed by atoms with Crippen LogP contribution in [0.3, 0.4) is 0 Å². The summed E-state index contributed by atoms with van der Waals surface area (Å²) in [6.07, 6.45) is 3.76. The Bertz CT molecular complexity index is 309. The molecular weight excluding hydrogens is 196 g/mol. The molecule has 3 rings (SSSR count). The molecule has 1 aliphatic carbocycles. The molecule has 2 heterocycles. The molecule has 2 unspecified atom stereocenters. The lowest BCUT2D eigenvalue weighted by atomic mass is 10.1. The van der Waals surface area contributed by atoms with E-state index in [-0.39, 0.29) is 6.04 Å². The smallest absolute Gasteiger partial charge is 0.0942 e. The summed E-state index contributed by atoms with van der Waals surface area (Å²) in [6.45, 7) is 1.13. The molecule has 1 aliphatic heterocycles. The van der Waals surface area contributed by atoms with Crippen molar-refractivity contribution >= 4 is 11.5 Å². The lowest BCUT2D eigenvalue weighted by molar-refractivity contribution is 0.233. The van der Waals surface area contributed by atoms with Gasteiger partial charge in [0.05, 0.1) is 11.7 Å². The lowest BCUT2D eigenvalue weighted by Gasteiger charge is -2.24. The zero-order valence-corrected chi connectivity index (χ0v) is 8.78. The van der Waals surface area contributed by atoms with Gasteiger partial charge in [-0.15, -0.1) is 5.10 Å². The summed E-state index contributed by atoms with van der Waals surface area (Å²) in [7, 11) is 0. The van der Waals surface area contributed by atoms with Crippen LogP contribution in [0.25, 0.3) is 0 Å². The fraction of sp³-hybridized carbons (Fsp3) is 0.778. The number of nitrogens with zero attached hydrogens (tertiary/aromatic N) is 3. The van der Waals surface area contributed by atoms with Crippen molar-refractivity contribution in [1.82, 2.24) is 14.5 Å². The minimum Gasteiger partial charge on any atom is -0.326 e. The van der Waals surface area contributed by atoms with Crippen LogP contribution in [0.2, 0.25) is 0 Å².